The van der Waals surface area contributed by atoms with Crippen molar-refractivity contribution in [3.8, 4) is 11.1 Å². The third kappa shape index (κ3) is 4.71. The molecule has 2 saturated heterocycles. The van der Waals surface area contributed by atoms with E-state index in [9.17, 15) is 19.4 Å². The van der Waals surface area contributed by atoms with Crippen LogP contribution in [0.2, 0.25) is 10.0 Å². The third-order valence-corrected chi connectivity index (χ3v) is 8.42. The molecule has 0 bridgehead atoms. The average Bonchev–Trinajstić information content (AvgIpc) is 3.48. The number of halogens is 3. The fraction of sp³-hybridized carbons (Fsp3) is 0.357. The minimum atomic E-state index is -1.40. The summed E-state index contributed by atoms with van der Waals surface area (Å²) >= 11 is 12.7. The van der Waals surface area contributed by atoms with Crippen molar-refractivity contribution in [1.82, 2.24) is 9.88 Å². The number of piperidine rings is 1. The Morgan fingerprint density at radius 2 is 1.87 bits per heavy atom. The summed E-state index contributed by atoms with van der Waals surface area (Å²) in [5.41, 5.74) is 2.62. The maximum absolute atomic E-state index is 14.5. The molecule has 3 fully saturated rings. The number of aliphatic hydroxyl groups excluding tert-OH is 2. The monoisotopic (exact) mass is 556 g/mol. The molecule has 198 valence electrons. The number of likely N-dealkylation sites (tertiary alicyclic amines) is 1. The lowest BCUT2D eigenvalue weighted by atomic mass is 9.98. The molecule has 0 radical (unpaired) electrons. The molecule has 1 aliphatic carbocycles. The number of rotatable bonds is 7. The van der Waals surface area contributed by atoms with Crippen molar-refractivity contribution >= 4 is 40.6 Å². The summed E-state index contributed by atoms with van der Waals surface area (Å²) in [5, 5.41) is 23.7. The van der Waals surface area contributed by atoms with Crippen LogP contribution in [0.4, 0.5) is 15.9 Å². The standard InChI is InChI=1S/C28H27Cl2FN4O3/c29-21-5-4-16(28(38)35-10-15(11-35)14-36)7-20(21)17-8-24(34-12-18-6-19(18)13-34)26(32-9-17)33-27(37)25-22(30)2-1-3-23(25)31/h1-5,7-9,15,18-19,27,36-37H,6,10-14H2,(H,32,33). The Balaban J connectivity index is 1.32. The van der Waals surface area contributed by atoms with Crippen molar-refractivity contribution < 1.29 is 19.4 Å². The topological polar surface area (TPSA) is 88.9 Å². The van der Waals surface area contributed by atoms with Crippen LogP contribution >= 0.6 is 23.2 Å². The molecule has 3 aliphatic rings. The molecule has 1 aromatic heterocycles. The van der Waals surface area contributed by atoms with Crippen molar-refractivity contribution in [2.24, 2.45) is 17.8 Å². The van der Waals surface area contributed by atoms with Crippen LogP contribution in [0.3, 0.4) is 0 Å². The molecule has 2 aromatic carbocycles. The number of hydrogen-bond donors (Lipinski definition) is 3. The first-order valence-electron chi connectivity index (χ1n) is 12.7. The molecule has 2 aliphatic heterocycles. The highest BCUT2D eigenvalue weighted by atomic mass is 35.5. The highest BCUT2D eigenvalue weighted by Crippen LogP contribution is 2.48. The molecule has 1 amide bonds. The number of anilines is 2. The van der Waals surface area contributed by atoms with Gasteiger partial charge in [-0.1, -0.05) is 29.3 Å². The molecule has 7 nitrogen and oxygen atoms in total. The Morgan fingerprint density at radius 3 is 2.58 bits per heavy atom. The van der Waals surface area contributed by atoms with Crippen molar-refractivity contribution in [3.63, 3.8) is 0 Å². The summed E-state index contributed by atoms with van der Waals surface area (Å²) in [7, 11) is 0. The van der Waals surface area contributed by atoms with Crippen LogP contribution < -0.4 is 10.2 Å². The normalized spacial score (nSPS) is 21.2. The summed E-state index contributed by atoms with van der Waals surface area (Å²) in [6.07, 6.45) is 1.43. The van der Waals surface area contributed by atoms with E-state index in [1.54, 1.807) is 29.3 Å². The fourth-order valence-corrected chi connectivity index (χ4v) is 5.93. The number of benzene rings is 2. The third-order valence-electron chi connectivity index (χ3n) is 7.76. The Kier molecular flexibility index (Phi) is 6.68. The molecule has 10 heteroatoms. The molecule has 3 aromatic rings. The van der Waals surface area contributed by atoms with Crippen LogP contribution in [-0.2, 0) is 0 Å². The summed E-state index contributed by atoms with van der Waals surface area (Å²) in [6, 6.07) is 11.4. The van der Waals surface area contributed by atoms with Crippen LogP contribution in [0.1, 0.15) is 28.6 Å². The van der Waals surface area contributed by atoms with E-state index >= 15 is 0 Å². The molecule has 1 saturated carbocycles. The van der Waals surface area contributed by atoms with Gasteiger partial charge in [0.15, 0.2) is 12.0 Å². The quantitative estimate of drug-likeness (QED) is 0.361. The smallest absolute Gasteiger partial charge is 0.253 e. The van der Waals surface area contributed by atoms with E-state index in [0.717, 1.165) is 24.3 Å². The molecule has 38 heavy (non-hydrogen) atoms. The molecule has 6 rings (SSSR count). The van der Waals surface area contributed by atoms with E-state index in [2.05, 4.69) is 15.2 Å². The first-order valence-corrected chi connectivity index (χ1v) is 13.4. The average molecular weight is 557 g/mol. The Bertz CT molecular complexity index is 1370. The maximum Gasteiger partial charge on any atom is 0.253 e. The minimum Gasteiger partial charge on any atom is -0.396 e. The van der Waals surface area contributed by atoms with E-state index in [-0.39, 0.29) is 29.0 Å². The van der Waals surface area contributed by atoms with Gasteiger partial charge in [0.2, 0.25) is 0 Å². The van der Waals surface area contributed by atoms with Gasteiger partial charge in [0, 0.05) is 66.6 Å². The number of pyridine rings is 1. The Labute approximate surface area is 229 Å². The number of aliphatic hydroxyl groups is 2. The van der Waals surface area contributed by atoms with Crippen molar-refractivity contribution in [1.29, 1.82) is 0 Å². The number of aromatic nitrogens is 1. The summed E-state index contributed by atoms with van der Waals surface area (Å²) in [6.45, 7) is 2.87. The lowest BCUT2D eigenvalue weighted by Gasteiger charge is -2.38. The zero-order valence-electron chi connectivity index (χ0n) is 20.4. The second kappa shape index (κ2) is 10.0. The zero-order chi connectivity index (χ0) is 26.6. The number of nitrogens with one attached hydrogen (secondary N) is 1. The molecule has 0 spiro atoms. The first kappa shape index (κ1) is 25.4. The molecular weight excluding hydrogens is 530 g/mol. The van der Waals surface area contributed by atoms with Gasteiger partial charge >= 0.3 is 0 Å². The Hall–Kier alpha value is -2.91. The predicted octanol–water partition coefficient (Wildman–Crippen LogP) is 4.82. The summed E-state index contributed by atoms with van der Waals surface area (Å²) in [5.74, 6) is 1.09. The summed E-state index contributed by atoms with van der Waals surface area (Å²) < 4.78 is 14.5. The lowest BCUT2D eigenvalue weighted by molar-refractivity contribution is 0.0362. The second-order valence-electron chi connectivity index (χ2n) is 10.4. The van der Waals surface area contributed by atoms with E-state index in [4.69, 9.17) is 23.2 Å². The van der Waals surface area contributed by atoms with Gasteiger partial charge in [0.05, 0.1) is 16.3 Å². The number of carbonyl (C=O) groups excluding carboxylic acids is 1. The van der Waals surface area contributed by atoms with Crippen molar-refractivity contribution in [2.75, 3.05) is 43.0 Å². The summed E-state index contributed by atoms with van der Waals surface area (Å²) in [4.78, 5) is 21.5. The first-order chi connectivity index (χ1) is 18.3. The van der Waals surface area contributed by atoms with Gasteiger partial charge in [-0.3, -0.25) is 4.79 Å². The van der Waals surface area contributed by atoms with Crippen LogP contribution in [0.5, 0.6) is 0 Å². The van der Waals surface area contributed by atoms with Gasteiger partial charge in [0.25, 0.3) is 5.91 Å². The number of fused-ring (bicyclic) bond motifs is 1. The largest absolute Gasteiger partial charge is 0.396 e. The van der Waals surface area contributed by atoms with Crippen molar-refractivity contribution in [2.45, 2.75) is 12.6 Å². The fourth-order valence-electron chi connectivity index (χ4n) is 5.43. The molecular formula is C28H27Cl2FN4O3. The van der Waals surface area contributed by atoms with E-state index in [0.29, 0.717) is 46.9 Å². The Morgan fingerprint density at radius 1 is 1.11 bits per heavy atom. The van der Waals surface area contributed by atoms with Crippen LogP contribution in [-0.4, -0.2) is 58.8 Å². The molecule has 3 heterocycles. The molecule has 3 atom stereocenters. The number of carbonyl (C=O) groups is 1. The number of amides is 1. The van der Waals surface area contributed by atoms with E-state index in [1.807, 2.05) is 6.07 Å². The minimum absolute atomic E-state index is 0.0426. The maximum atomic E-state index is 14.5. The van der Waals surface area contributed by atoms with E-state index < -0.39 is 12.0 Å². The van der Waals surface area contributed by atoms with Gasteiger partial charge in [-0.15, -0.1) is 0 Å². The number of nitrogens with zero attached hydrogens (tertiary/aromatic N) is 3. The van der Waals surface area contributed by atoms with E-state index in [1.165, 1.54) is 24.6 Å². The predicted molar refractivity (Wildman–Crippen MR) is 145 cm³/mol. The highest BCUT2D eigenvalue weighted by Gasteiger charge is 2.45. The molecule has 3 unspecified atom stereocenters. The van der Waals surface area contributed by atoms with Crippen molar-refractivity contribution in [3.05, 3.63) is 75.7 Å². The van der Waals surface area contributed by atoms with Gasteiger partial charge in [-0.25, -0.2) is 9.37 Å². The SMILES string of the molecule is O=C(c1ccc(Cl)c(-c2cnc(NC(O)c3c(F)cccc3Cl)c(N3CC4CC4C3)c2)c1)N1CC(CO)C1. The van der Waals surface area contributed by atoms with Crippen LogP contribution in [0.25, 0.3) is 11.1 Å². The van der Waals surface area contributed by atoms with Gasteiger partial charge in [0.1, 0.15) is 5.82 Å². The van der Waals surface area contributed by atoms with Crippen LogP contribution in [0, 0.1) is 23.6 Å². The molecule has 3 N–H and O–H groups in total. The zero-order valence-corrected chi connectivity index (χ0v) is 22.0. The lowest BCUT2D eigenvalue weighted by Crippen LogP contribution is -2.51. The van der Waals surface area contributed by atoms with Gasteiger partial charge < -0.3 is 25.3 Å². The van der Waals surface area contributed by atoms with Crippen LogP contribution in [0.15, 0.2) is 48.7 Å². The van der Waals surface area contributed by atoms with Gasteiger partial charge in [-0.05, 0) is 54.7 Å². The highest BCUT2D eigenvalue weighted by molar-refractivity contribution is 6.33. The van der Waals surface area contributed by atoms with Gasteiger partial charge in [-0.2, -0.15) is 0 Å². The number of hydrogen-bond acceptors (Lipinski definition) is 6. The second-order valence-corrected chi connectivity index (χ2v) is 11.2.